The minimum Gasteiger partial charge on any atom is -0.381 e. The molecule has 2 fully saturated rings. The van der Waals surface area contributed by atoms with Crippen LogP contribution in [-0.4, -0.2) is 31.3 Å². The molecule has 3 rings (SSSR count). The highest BCUT2D eigenvalue weighted by molar-refractivity contribution is 5.39. The summed E-state index contributed by atoms with van der Waals surface area (Å²) in [5.41, 5.74) is 0.428. The second-order valence-corrected chi connectivity index (χ2v) is 4.66. The first-order valence-corrected chi connectivity index (χ1v) is 5.62. The van der Waals surface area contributed by atoms with E-state index >= 15 is 0 Å². The fraction of sp³-hybridized carbons (Fsp3) is 0.583. The lowest BCUT2D eigenvalue weighted by Crippen LogP contribution is -2.27. The predicted molar refractivity (Wildman–Crippen MR) is 58.9 cm³/mol. The molecule has 1 spiro atoms. The number of anilines is 1. The van der Waals surface area contributed by atoms with Crippen LogP contribution in [0.4, 0.5) is 5.82 Å². The summed E-state index contributed by atoms with van der Waals surface area (Å²) >= 11 is 0. The van der Waals surface area contributed by atoms with E-state index in [1.54, 1.807) is 0 Å². The summed E-state index contributed by atoms with van der Waals surface area (Å²) in [5.74, 6) is 1.11. The first-order valence-electron chi connectivity index (χ1n) is 5.62. The molecule has 1 aromatic heterocycles. The Morgan fingerprint density at radius 1 is 1.33 bits per heavy atom. The van der Waals surface area contributed by atoms with Crippen LogP contribution in [0.5, 0.6) is 0 Å². The largest absolute Gasteiger partial charge is 0.381 e. The van der Waals surface area contributed by atoms with E-state index in [0.717, 1.165) is 32.1 Å². The molecule has 80 valence electrons. The van der Waals surface area contributed by atoms with Crippen LogP contribution in [0.1, 0.15) is 12.8 Å². The highest BCUT2D eigenvalue weighted by Gasteiger charge is 2.41. The molecule has 1 aromatic rings. The molecule has 3 heteroatoms. The highest BCUT2D eigenvalue weighted by Crippen LogP contribution is 2.39. The molecule has 0 bridgehead atoms. The molecule has 1 unspecified atom stereocenters. The second-order valence-electron chi connectivity index (χ2n) is 4.66. The van der Waals surface area contributed by atoms with Crippen LogP contribution < -0.4 is 4.90 Å². The molecule has 2 aliphatic rings. The molecular formula is C12H16N2O. The van der Waals surface area contributed by atoms with Gasteiger partial charge in [-0.25, -0.2) is 4.98 Å². The molecule has 1 atom stereocenters. The number of rotatable bonds is 1. The van der Waals surface area contributed by atoms with Gasteiger partial charge in [-0.1, -0.05) is 6.07 Å². The number of ether oxygens (including phenoxy) is 1. The smallest absolute Gasteiger partial charge is 0.128 e. The normalized spacial score (nSPS) is 30.3. The van der Waals surface area contributed by atoms with Gasteiger partial charge in [0.05, 0.1) is 6.61 Å². The van der Waals surface area contributed by atoms with Crippen molar-refractivity contribution in [2.24, 2.45) is 5.41 Å². The Kier molecular flexibility index (Phi) is 2.13. The van der Waals surface area contributed by atoms with Crippen LogP contribution in [0, 0.1) is 5.41 Å². The fourth-order valence-electron chi connectivity index (χ4n) is 2.64. The number of hydrogen-bond acceptors (Lipinski definition) is 3. The topological polar surface area (TPSA) is 25.4 Å². The fourth-order valence-corrected chi connectivity index (χ4v) is 2.64. The van der Waals surface area contributed by atoms with Crippen molar-refractivity contribution in [2.75, 3.05) is 31.2 Å². The standard InChI is InChI=1S/C12H16N2O/c1-2-6-13-11(3-1)14-7-4-12(9-14)5-8-15-10-12/h1-3,6H,4-5,7-10H2. The van der Waals surface area contributed by atoms with Crippen molar-refractivity contribution in [1.82, 2.24) is 4.98 Å². The first-order chi connectivity index (χ1) is 7.38. The van der Waals surface area contributed by atoms with Crippen LogP contribution in [-0.2, 0) is 4.74 Å². The summed E-state index contributed by atoms with van der Waals surface area (Å²) in [4.78, 5) is 6.78. The lowest BCUT2D eigenvalue weighted by molar-refractivity contribution is 0.160. The third kappa shape index (κ3) is 1.61. The van der Waals surface area contributed by atoms with Crippen LogP contribution >= 0.6 is 0 Å². The van der Waals surface area contributed by atoms with Gasteiger partial charge in [0.2, 0.25) is 0 Å². The summed E-state index contributed by atoms with van der Waals surface area (Å²) in [7, 11) is 0. The Balaban J connectivity index is 1.76. The second kappa shape index (κ2) is 3.49. The van der Waals surface area contributed by atoms with E-state index in [0.29, 0.717) is 5.41 Å². The van der Waals surface area contributed by atoms with Crippen molar-refractivity contribution >= 4 is 5.82 Å². The predicted octanol–water partition coefficient (Wildman–Crippen LogP) is 1.70. The maximum Gasteiger partial charge on any atom is 0.128 e. The number of aromatic nitrogens is 1. The Bertz CT molecular complexity index is 333. The number of nitrogens with zero attached hydrogens (tertiary/aromatic N) is 2. The average Bonchev–Trinajstić information content (AvgIpc) is 2.91. The van der Waals surface area contributed by atoms with E-state index in [2.05, 4.69) is 22.0 Å². The van der Waals surface area contributed by atoms with Crippen molar-refractivity contribution in [2.45, 2.75) is 12.8 Å². The minimum atomic E-state index is 0.428. The Morgan fingerprint density at radius 2 is 2.33 bits per heavy atom. The van der Waals surface area contributed by atoms with Gasteiger partial charge in [-0.15, -0.1) is 0 Å². The summed E-state index contributed by atoms with van der Waals surface area (Å²) in [6.45, 7) is 4.12. The summed E-state index contributed by atoms with van der Waals surface area (Å²) in [6.07, 6.45) is 4.34. The zero-order chi connectivity index (χ0) is 10.1. The Hall–Kier alpha value is -1.09. The lowest BCUT2D eigenvalue weighted by Gasteiger charge is -2.22. The van der Waals surface area contributed by atoms with Gasteiger partial charge in [-0.05, 0) is 25.0 Å². The van der Waals surface area contributed by atoms with Crippen molar-refractivity contribution in [1.29, 1.82) is 0 Å². The van der Waals surface area contributed by atoms with Gasteiger partial charge >= 0.3 is 0 Å². The lowest BCUT2D eigenvalue weighted by atomic mass is 9.87. The van der Waals surface area contributed by atoms with E-state index < -0.39 is 0 Å². The molecule has 0 aromatic carbocycles. The molecule has 3 nitrogen and oxygen atoms in total. The molecule has 15 heavy (non-hydrogen) atoms. The van der Waals surface area contributed by atoms with Crippen molar-refractivity contribution in [3.8, 4) is 0 Å². The molecule has 2 aliphatic heterocycles. The van der Waals surface area contributed by atoms with Gasteiger partial charge < -0.3 is 9.64 Å². The number of hydrogen-bond donors (Lipinski definition) is 0. The monoisotopic (exact) mass is 204 g/mol. The molecular weight excluding hydrogens is 188 g/mol. The molecule has 3 heterocycles. The summed E-state index contributed by atoms with van der Waals surface area (Å²) in [6, 6.07) is 6.11. The van der Waals surface area contributed by atoms with E-state index in [-0.39, 0.29) is 0 Å². The molecule has 0 N–H and O–H groups in total. The Morgan fingerprint density at radius 3 is 3.07 bits per heavy atom. The van der Waals surface area contributed by atoms with Crippen molar-refractivity contribution < 1.29 is 4.74 Å². The van der Waals surface area contributed by atoms with Crippen molar-refractivity contribution in [3.63, 3.8) is 0 Å². The van der Waals surface area contributed by atoms with Crippen LogP contribution in [0.2, 0.25) is 0 Å². The third-order valence-electron chi connectivity index (χ3n) is 3.60. The number of pyridine rings is 1. The summed E-state index contributed by atoms with van der Waals surface area (Å²) in [5, 5.41) is 0. The quantitative estimate of drug-likeness (QED) is 0.696. The molecule has 2 saturated heterocycles. The van der Waals surface area contributed by atoms with E-state index in [4.69, 9.17) is 4.74 Å². The average molecular weight is 204 g/mol. The van der Waals surface area contributed by atoms with Gasteiger partial charge in [-0.3, -0.25) is 0 Å². The Labute approximate surface area is 90.1 Å². The minimum absolute atomic E-state index is 0.428. The molecule has 0 amide bonds. The van der Waals surface area contributed by atoms with Crippen LogP contribution in [0.15, 0.2) is 24.4 Å². The van der Waals surface area contributed by atoms with Gasteiger partial charge in [0, 0.05) is 31.3 Å². The van der Waals surface area contributed by atoms with Crippen molar-refractivity contribution in [3.05, 3.63) is 24.4 Å². The van der Waals surface area contributed by atoms with E-state index in [1.807, 2.05) is 12.3 Å². The van der Waals surface area contributed by atoms with Gasteiger partial charge in [-0.2, -0.15) is 0 Å². The zero-order valence-corrected chi connectivity index (χ0v) is 8.85. The first kappa shape index (κ1) is 9.16. The maximum absolute atomic E-state index is 5.52. The molecule has 0 saturated carbocycles. The van der Waals surface area contributed by atoms with Gasteiger partial charge in [0.25, 0.3) is 0 Å². The van der Waals surface area contributed by atoms with Gasteiger partial charge in [0.15, 0.2) is 0 Å². The molecule has 0 aliphatic carbocycles. The SMILES string of the molecule is c1ccc(N2CCC3(CCOC3)C2)nc1. The van der Waals surface area contributed by atoms with Crippen LogP contribution in [0.3, 0.4) is 0 Å². The summed E-state index contributed by atoms with van der Waals surface area (Å²) < 4.78 is 5.52. The van der Waals surface area contributed by atoms with Crippen LogP contribution in [0.25, 0.3) is 0 Å². The highest BCUT2D eigenvalue weighted by atomic mass is 16.5. The maximum atomic E-state index is 5.52. The third-order valence-corrected chi connectivity index (χ3v) is 3.60. The van der Waals surface area contributed by atoms with E-state index in [9.17, 15) is 0 Å². The molecule has 0 radical (unpaired) electrons. The van der Waals surface area contributed by atoms with Gasteiger partial charge in [0.1, 0.15) is 5.82 Å². The zero-order valence-electron chi connectivity index (χ0n) is 8.85. The van der Waals surface area contributed by atoms with E-state index in [1.165, 1.54) is 12.8 Å².